The summed E-state index contributed by atoms with van der Waals surface area (Å²) in [6.07, 6.45) is 8.00. The van der Waals surface area contributed by atoms with Crippen molar-refractivity contribution in [3.8, 4) is 18.6 Å². The maximum atomic E-state index is 11.1. The molecule has 0 atom stereocenters. The average Bonchev–Trinajstić information content (AvgIpc) is 2.20. The number of rotatable bonds is 2. The van der Waals surface area contributed by atoms with Crippen LogP contribution in [0.3, 0.4) is 0 Å². The lowest BCUT2D eigenvalue weighted by molar-refractivity contribution is 0.101. The molecule has 0 aliphatic carbocycles. The second-order valence-electron chi connectivity index (χ2n) is 2.86. The molecule has 0 unspecified atom stereocenters. The van der Waals surface area contributed by atoms with E-state index < -0.39 is 0 Å². The van der Waals surface area contributed by atoms with Crippen LogP contribution in [0, 0.1) is 19.8 Å². The number of terminal acetylenes is 1. The van der Waals surface area contributed by atoms with Crippen molar-refractivity contribution in [3.05, 3.63) is 28.3 Å². The fourth-order valence-corrected chi connectivity index (χ4v) is 1.49. The number of methoxy groups -OCH3 is 1. The van der Waals surface area contributed by atoms with Gasteiger partial charge in [0.05, 0.1) is 12.1 Å². The molecule has 0 bridgehead atoms. The van der Waals surface area contributed by atoms with E-state index in [0.717, 1.165) is 5.56 Å². The highest BCUT2D eigenvalue weighted by atomic mass is 35.5. The second-order valence-corrected chi connectivity index (χ2v) is 3.27. The molecule has 0 amide bonds. The molecule has 0 saturated heterocycles. The third-order valence-corrected chi connectivity index (χ3v) is 2.18. The molecule has 1 rings (SSSR count). The van der Waals surface area contributed by atoms with E-state index >= 15 is 0 Å². The number of hydrogen-bond donors (Lipinski definition) is 0. The van der Waals surface area contributed by atoms with Gasteiger partial charge in [0, 0.05) is 5.56 Å². The second kappa shape index (κ2) is 6.10. The van der Waals surface area contributed by atoms with Crippen molar-refractivity contribution in [3.63, 3.8) is 0 Å². The lowest BCUT2D eigenvalue weighted by Crippen LogP contribution is -1.96. The molecule has 15 heavy (non-hydrogen) atoms. The van der Waals surface area contributed by atoms with Crippen molar-refractivity contribution in [1.82, 2.24) is 0 Å². The molecule has 80 valence electrons. The van der Waals surface area contributed by atoms with E-state index in [1.54, 1.807) is 19.2 Å². The Morgan fingerprint density at radius 1 is 1.40 bits per heavy atom. The summed E-state index contributed by atoms with van der Waals surface area (Å²) in [5.74, 6) is 0.637. The third-order valence-electron chi connectivity index (χ3n) is 1.86. The molecule has 0 aromatic heterocycles. The zero-order valence-electron chi connectivity index (χ0n) is 9.00. The fraction of sp³-hybridized carbons (Fsp3) is 0.250. The van der Waals surface area contributed by atoms with Gasteiger partial charge in [0.2, 0.25) is 0 Å². The summed E-state index contributed by atoms with van der Waals surface area (Å²) in [7, 11) is 1.57. The number of carbonyl (C=O) groups excluding carboxylic acids is 1. The molecule has 0 spiro atoms. The molecule has 0 aliphatic heterocycles. The van der Waals surface area contributed by atoms with E-state index in [-0.39, 0.29) is 5.78 Å². The number of aryl methyl sites for hydroxylation is 1. The predicted octanol–water partition coefficient (Wildman–Crippen LogP) is 3.11. The van der Waals surface area contributed by atoms with Gasteiger partial charge in [0.25, 0.3) is 0 Å². The molecular weight excluding hydrogens is 212 g/mol. The Labute approximate surface area is 95.2 Å². The molecule has 0 N–H and O–H groups in total. The summed E-state index contributed by atoms with van der Waals surface area (Å²) in [5.41, 5.74) is 1.43. The number of hydrogen-bond acceptors (Lipinski definition) is 2. The van der Waals surface area contributed by atoms with Crippen LogP contribution in [0.15, 0.2) is 12.1 Å². The third kappa shape index (κ3) is 3.30. The van der Waals surface area contributed by atoms with E-state index in [4.69, 9.17) is 16.3 Å². The minimum absolute atomic E-state index is 0.0525. The van der Waals surface area contributed by atoms with Crippen molar-refractivity contribution in [2.24, 2.45) is 0 Å². The number of ketones is 1. The van der Waals surface area contributed by atoms with Gasteiger partial charge in [0.1, 0.15) is 5.75 Å². The zero-order chi connectivity index (χ0) is 12.0. The smallest absolute Gasteiger partial charge is 0.161 e. The topological polar surface area (TPSA) is 26.3 Å². The summed E-state index contributed by atoms with van der Waals surface area (Å²) >= 11 is 5.88. The average molecular weight is 225 g/mol. The SMILES string of the molecule is C#C.COc1cc(C(C)=O)c(Cl)cc1C. The molecule has 2 nitrogen and oxygen atoms in total. The molecule has 0 heterocycles. The van der Waals surface area contributed by atoms with Crippen molar-refractivity contribution < 1.29 is 9.53 Å². The number of Topliss-reactive ketones (excluding diaryl/α,β-unsaturated/α-hetero) is 1. The van der Waals surface area contributed by atoms with Crippen LogP contribution in [0.25, 0.3) is 0 Å². The van der Waals surface area contributed by atoms with Crippen LogP contribution in [-0.2, 0) is 0 Å². The predicted molar refractivity (Wildman–Crippen MR) is 62.6 cm³/mol. The zero-order valence-corrected chi connectivity index (χ0v) is 9.76. The van der Waals surface area contributed by atoms with Crippen LogP contribution < -0.4 is 4.74 Å². The Kier molecular flexibility index (Phi) is 5.51. The van der Waals surface area contributed by atoms with E-state index in [9.17, 15) is 4.79 Å². The Morgan fingerprint density at radius 2 is 1.93 bits per heavy atom. The first-order valence-corrected chi connectivity index (χ1v) is 4.62. The lowest BCUT2D eigenvalue weighted by Gasteiger charge is -2.07. The minimum atomic E-state index is -0.0525. The van der Waals surface area contributed by atoms with Gasteiger partial charge < -0.3 is 4.74 Å². The van der Waals surface area contributed by atoms with Crippen LogP contribution in [0.5, 0.6) is 5.75 Å². The lowest BCUT2D eigenvalue weighted by atomic mass is 10.1. The number of halogens is 1. The molecule has 3 heteroatoms. The van der Waals surface area contributed by atoms with E-state index in [1.165, 1.54) is 6.92 Å². The number of ether oxygens (including phenoxy) is 1. The van der Waals surface area contributed by atoms with Crippen LogP contribution in [0.1, 0.15) is 22.8 Å². The molecule has 1 aromatic rings. The highest BCUT2D eigenvalue weighted by Crippen LogP contribution is 2.26. The van der Waals surface area contributed by atoms with E-state index in [2.05, 4.69) is 12.8 Å². The van der Waals surface area contributed by atoms with E-state index in [0.29, 0.717) is 16.3 Å². The van der Waals surface area contributed by atoms with Crippen molar-refractivity contribution in [2.75, 3.05) is 7.11 Å². The van der Waals surface area contributed by atoms with Crippen LogP contribution in [-0.4, -0.2) is 12.9 Å². The molecule has 1 aromatic carbocycles. The van der Waals surface area contributed by atoms with Gasteiger partial charge in [0.15, 0.2) is 5.78 Å². The van der Waals surface area contributed by atoms with Gasteiger partial charge >= 0.3 is 0 Å². The Hall–Kier alpha value is -1.46. The van der Waals surface area contributed by atoms with Crippen molar-refractivity contribution >= 4 is 17.4 Å². The first-order valence-electron chi connectivity index (χ1n) is 4.24. The maximum absolute atomic E-state index is 11.1. The van der Waals surface area contributed by atoms with Gasteiger partial charge in [-0.3, -0.25) is 4.79 Å². The summed E-state index contributed by atoms with van der Waals surface area (Å²) in [6, 6.07) is 3.40. The monoisotopic (exact) mass is 224 g/mol. The van der Waals surface area contributed by atoms with E-state index in [1.807, 2.05) is 6.92 Å². The highest BCUT2D eigenvalue weighted by Gasteiger charge is 2.09. The van der Waals surface area contributed by atoms with Crippen LogP contribution in [0.2, 0.25) is 5.02 Å². The van der Waals surface area contributed by atoms with Gasteiger partial charge in [-0.25, -0.2) is 0 Å². The normalized spacial score (nSPS) is 8.67. The summed E-state index contributed by atoms with van der Waals surface area (Å²) in [4.78, 5) is 11.1. The van der Waals surface area contributed by atoms with Crippen molar-refractivity contribution in [1.29, 1.82) is 0 Å². The largest absolute Gasteiger partial charge is 0.496 e. The van der Waals surface area contributed by atoms with Crippen LogP contribution in [0.4, 0.5) is 0 Å². The Bertz CT molecular complexity index is 381. The quantitative estimate of drug-likeness (QED) is 0.570. The van der Waals surface area contributed by atoms with Gasteiger partial charge in [-0.1, -0.05) is 11.6 Å². The molecular formula is C12H13ClO2. The Balaban J connectivity index is 0.000000921. The summed E-state index contributed by atoms with van der Waals surface area (Å²) < 4.78 is 5.08. The number of benzene rings is 1. The van der Waals surface area contributed by atoms with Crippen LogP contribution >= 0.6 is 11.6 Å². The van der Waals surface area contributed by atoms with Crippen molar-refractivity contribution in [2.45, 2.75) is 13.8 Å². The van der Waals surface area contributed by atoms with Gasteiger partial charge in [-0.05, 0) is 31.5 Å². The highest BCUT2D eigenvalue weighted by molar-refractivity contribution is 6.34. The number of carbonyl (C=O) groups is 1. The maximum Gasteiger partial charge on any atom is 0.161 e. The molecule has 0 aliphatic rings. The fourth-order valence-electron chi connectivity index (χ4n) is 1.14. The Morgan fingerprint density at radius 3 is 2.33 bits per heavy atom. The first-order chi connectivity index (χ1) is 7.06. The van der Waals surface area contributed by atoms with Gasteiger partial charge in [-0.15, -0.1) is 12.8 Å². The first kappa shape index (κ1) is 13.5. The molecule has 0 radical (unpaired) electrons. The standard InChI is InChI=1S/C10H11ClO2.C2H2/c1-6-4-9(11)8(7(2)12)5-10(6)13-3;1-2/h4-5H,1-3H3;1-2H. The minimum Gasteiger partial charge on any atom is -0.496 e. The molecule has 0 saturated carbocycles. The molecule has 0 fully saturated rings. The summed E-state index contributed by atoms with van der Waals surface area (Å²) in [6.45, 7) is 3.37. The van der Waals surface area contributed by atoms with Gasteiger partial charge in [-0.2, -0.15) is 0 Å². The summed E-state index contributed by atoms with van der Waals surface area (Å²) in [5, 5.41) is 0.478.